The number of thioether (sulfide) groups is 1. The molecule has 13 heteroatoms. The van der Waals surface area contributed by atoms with E-state index in [0.29, 0.717) is 35.5 Å². The fraction of sp³-hybridized carbons (Fsp3) is 0.192. The van der Waals surface area contributed by atoms with Crippen molar-refractivity contribution in [3.05, 3.63) is 92.1 Å². The Balaban J connectivity index is 1.20. The van der Waals surface area contributed by atoms with E-state index >= 15 is 0 Å². The summed E-state index contributed by atoms with van der Waals surface area (Å²) in [7, 11) is 0. The van der Waals surface area contributed by atoms with Gasteiger partial charge in [0, 0.05) is 29.2 Å². The number of nitrogens with one attached hydrogen (secondary N) is 2. The number of nitrogens with zero attached hydrogens (tertiary/aromatic N) is 5. The van der Waals surface area contributed by atoms with E-state index in [1.807, 2.05) is 47.8 Å². The zero-order valence-corrected chi connectivity index (χ0v) is 23.0. The highest BCUT2D eigenvalue weighted by molar-refractivity contribution is 7.99. The average molecular weight is 578 g/mol. The van der Waals surface area contributed by atoms with Crippen LogP contribution in [0.15, 0.2) is 75.6 Å². The Labute approximate surface area is 235 Å². The van der Waals surface area contributed by atoms with E-state index < -0.39 is 0 Å². The molecule has 10 nitrogen and oxygen atoms in total. The Morgan fingerprint density at radius 1 is 0.974 bits per heavy atom. The van der Waals surface area contributed by atoms with Crippen molar-refractivity contribution in [2.75, 3.05) is 11.1 Å². The molecule has 39 heavy (non-hydrogen) atoms. The van der Waals surface area contributed by atoms with Gasteiger partial charge in [-0.1, -0.05) is 48.2 Å². The van der Waals surface area contributed by atoms with Crippen LogP contribution in [-0.4, -0.2) is 42.1 Å². The number of hydrogen-bond donors (Lipinski definition) is 2. The summed E-state index contributed by atoms with van der Waals surface area (Å²) in [4.78, 5) is 56.4. The largest absolute Gasteiger partial charge is 0.351 e. The molecule has 0 aliphatic heterocycles. The van der Waals surface area contributed by atoms with Crippen LogP contribution in [0.4, 0.5) is 5.13 Å². The molecular weight excluding hydrogens is 555 g/mol. The molecule has 2 amide bonds. The van der Waals surface area contributed by atoms with Crippen LogP contribution in [0.1, 0.15) is 16.1 Å². The van der Waals surface area contributed by atoms with E-state index in [4.69, 9.17) is 0 Å². The maximum atomic E-state index is 13.2. The zero-order chi connectivity index (χ0) is 27.0. The van der Waals surface area contributed by atoms with Crippen LogP contribution in [0, 0.1) is 0 Å². The predicted octanol–water partition coefficient (Wildman–Crippen LogP) is 3.54. The number of amides is 2. The molecule has 0 aliphatic rings. The van der Waals surface area contributed by atoms with Gasteiger partial charge in [-0.15, -0.1) is 22.7 Å². The minimum atomic E-state index is -0.300. The molecule has 0 radical (unpaired) electrons. The normalized spacial score (nSPS) is 11.0. The number of fused-ring (bicyclic) bond motifs is 1. The smallest absolute Gasteiger partial charge is 0.282 e. The number of carbonyl (C=O) groups is 2. The third-order valence-electron chi connectivity index (χ3n) is 5.54. The summed E-state index contributed by atoms with van der Waals surface area (Å²) >= 11 is 3.98. The molecule has 0 aliphatic carbocycles. The lowest BCUT2D eigenvalue weighted by atomic mass is 10.1. The Bertz CT molecular complexity index is 1640. The molecule has 0 fully saturated rings. The lowest BCUT2D eigenvalue weighted by Gasteiger charge is -2.12. The maximum absolute atomic E-state index is 13.2. The average Bonchev–Trinajstić information content (AvgIpc) is 3.63. The molecule has 0 saturated carbocycles. The highest BCUT2D eigenvalue weighted by Gasteiger charge is 2.16. The van der Waals surface area contributed by atoms with Gasteiger partial charge in [-0.05, 0) is 23.4 Å². The van der Waals surface area contributed by atoms with Crippen molar-refractivity contribution in [1.82, 2.24) is 29.8 Å². The monoisotopic (exact) mass is 577 g/mol. The van der Waals surface area contributed by atoms with Gasteiger partial charge in [0.05, 0.1) is 24.4 Å². The third kappa shape index (κ3) is 7.13. The van der Waals surface area contributed by atoms with Crippen LogP contribution in [0.25, 0.3) is 11.2 Å². The minimum Gasteiger partial charge on any atom is -0.351 e. The summed E-state index contributed by atoms with van der Waals surface area (Å²) in [5.74, 6) is -0.424. The summed E-state index contributed by atoms with van der Waals surface area (Å²) in [6, 6.07) is 13.7. The van der Waals surface area contributed by atoms with Crippen LogP contribution in [0.2, 0.25) is 0 Å². The number of hydrogen-bond acceptors (Lipinski definition) is 10. The van der Waals surface area contributed by atoms with E-state index in [9.17, 15) is 14.4 Å². The number of aromatic nitrogens is 5. The van der Waals surface area contributed by atoms with Crippen LogP contribution < -0.4 is 16.2 Å². The zero-order valence-electron chi connectivity index (χ0n) is 20.6. The number of benzene rings is 1. The second-order valence-electron chi connectivity index (χ2n) is 8.33. The van der Waals surface area contributed by atoms with E-state index in [0.717, 1.165) is 22.2 Å². The number of anilines is 1. The molecule has 0 unspecified atom stereocenters. The standard InChI is InChI=1S/C26H23N7O3S3/c34-20(29-14-19-7-4-12-37-19)13-18-15-38-25(30-18)31-21(35)16-39-26-32-23-22(27-9-10-28-23)24(36)33(26)11-8-17-5-2-1-3-6-17/h1-7,9-10,12,15H,8,11,13-14,16H2,(H,29,34)(H,30,31,35). The Morgan fingerprint density at radius 2 is 1.82 bits per heavy atom. The first-order valence-electron chi connectivity index (χ1n) is 12.0. The first kappa shape index (κ1) is 26.7. The molecule has 0 saturated heterocycles. The van der Waals surface area contributed by atoms with Crippen molar-refractivity contribution >= 4 is 62.5 Å². The van der Waals surface area contributed by atoms with Gasteiger partial charge in [0.25, 0.3) is 5.56 Å². The number of rotatable bonds is 11. The lowest BCUT2D eigenvalue weighted by molar-refractivity contribution is -0.120. The van der Waals surface area contributed by atoms with Crippen LogP contribution >= 0.6 is 34.4 Å². The van der Waals surface area contributed by atoms with E-state index in [1.165, 1.54) is 28.3 Å². The maximum Gasteiger partial charge on any atom is 0.282 e. The molecule has 0 atom stereocenters. The minimum absolute atomic E-state index is 0.0136. The van der Waals surface area contributed by atoms with Crippen molar-refractivity contribution in [3.63, 3.8) is 0 Å². The summed E-state index contributed by atoms with van der Waals surface area (Å²) in [5.41, 5.74) is 1.79. The van der Waals surface area contributed by atoms with Gasteiger partial charge in [0.1, 0.15) is 0 Å². The van der Waals surface area contributed by atoms with Gasteiger partial charge in [-0.3, -0.25) is 19.0 Å². The second-order valence-corrected chi connectivity index (χ2v) is 11.2. The molecule has 2 N–H and O–H groups in total. The first-order valence-corrected chi connectivity index (χ1v) is 14.7. The quantitative estimate of drug-likeness (QED) is 0.180. The lowest BCUT2D eigenvalue weighted by Crippen LogP contribution is -2.26. The van der Waals surface area contributed by atoms with Gasteiger partial charge in [0.15, 0.2) is 21.5 Å². The molecule has 5 rings (SSSR count). The first-order chi connectivity index (χ1) is 19.0. The number of thiazole rings is 1. The molecule has 1 aromatic carbocycles. The molecule has 198 valence electrons. The fourth-order valence-corrected chi connectivity index (χ4v) is 5.86. The summed E-state index contributed by atoms with van der Waals surface area (Å²) in [6.45, 7) is 0.864. The number of aryl methyl sites for hydroxylation is 1. The summed E-state index contributed by atoms with van der Waals surface area (Å²) < 4.78 is 1.54. The molecule has 0 bridgehead atoms. The number of thiophene rings is 1. The highest BCUT2D eigenvalue weighted by atomic mass is 32.2. The fourth-order valence-electron chi connectivity index (χ4n) is 3.68. The Kier molecular flexibility index (Phi) is 8.71. The predicted molar refractivity (Wildman–Crippen MR) is 153 cm³/mol. The van der Waals surface area contributed by atoms with Crippen molar-refractivity contribution in [2.24, 2.45) is 0 Å². The molecule has 4 aromatic heterocycles. The van der Waals surface area contributed by atoms with Gasteiger partial charge < -0.3 is 10.6 Å². The van der Waals surface area contributed by atoms with Crippen LogP contribution in [0.3, 0.4) is 0 Å². The second kappa shape index (κ2) is 12.7. The number of carbonyl (C=O) groups excluding carboxylic acids is 2. The Hall–Kier alpha value is -3.94. The van der Waals surface area contributed by atoms with E-state index in [2.05, 4.69) is 30.6 Å². The molecular formula is C26H23N7O3S3. The summed E-state index contributed by atoms with van der Waals surface area (Å²) in [6.07, 6.45) is 3.69. The van der Waals surface area contributed by atoms with Crippen molar-refractivity contribution in [2.45, 2.75) is 31.1 Å². The summed E-state index contributed by atoms with van der Waals surface area (Å²) in [5, 5.41) is 10.1. The van der Waals surface area contributed by atoms with Crippen LogP contribution in [-0.2, 0) is 35.5 Å². The van der Waals surface area contributed by atoms with Crippen molar-refractivity contribution < 1.29 is 9.59 Å². The van der Waals surface area contributed by atoms with Gasteiger partial charge in [-0.25, -0.2) is 19.9 Å². The van der Waals surface area contributed by atoms with E-state index in [-0.39, 0.29) is 40.7 Å². The SMILES string of the molecule is O=C(Cc1csc(NC(=O)CSc2nc3nccnc3c(=O)n2CCc2ccccc2)n1)NCc1cccs1. The van der Waals surface area contributed by atoms with Gasteiger partial charge in [-0.2, -0.15) is 0 Å². The van der Waals surface area contributed by atoms with Crippen molar-refractivity contribution in [1.29, 1.82) is 0 Å². The van der Waals surface area contributed by atoms with Gasteiger partial charge >= 0.3 is 0 Å². The molecule has 5 aromatic rings. The topological polar surface area (TPSA) is 132 Å². The van der Waals surface area contributed by atoms with E-state index in [1.54, 1.807) is 16.7 Å². The Morgan fingerprint density at radius 3 is 2.64 bits per heavy atom. The molecule has 0 spiro atoms. The van der Waals surface area contributed by atoms with Crippen LogP contribution in [0.5, 0.6) is 0 Å². The highest BCUT2D eigenvalue weighted by Crippen LogP contribution is 2.20. The van der Waals surface area contributed by atoms with Crippen molar-refractivity contribution in [3.8, 4) is 0 Å². The third-order valence-corrected chi connectivity index (χ3v) is 8.20. The van der Waals surface area contributed by atoms with Gasteiger partial charge in [0.2, 0.25) is 11.8 Å². The molecule has 4 heterocycles.